The molecule has 2 heterocycles. The Morgan fingerprint density at radius 3 is 2.83 bits per heavy atom. The van der Waals surface area contributed by atoms with Gasteiger partial charge in [-0.05, 0) is 48.7 Å². The summed E-state index contributed by atoms with van der Waals surface area (Å²) in [4.78, 5) is 6.71. The van der Waals surface area contributed by atoms with Crippen LogP contribution in [0.1, 0.15) is 18.4 Å². The Morgan fingerprint density at radius 2 is 2.08 bits per heavy atom. The highest BCUT2D eigenvalue weighted by atomic mass is 19.1. The van der Waals surface area contributed by atoms with Crippen LogP contribution in [0.4, 0.5) is 4.39 Å². The largest absolute Gasteiger partial charge is 0.494 e. The lowest BCUT2D eigenvalue weighted by Crippen LogP contribution is -2.38. The molecule has 0 amide bonds. The number of hydrogen-bond acceptors (Lipinski definition) is 4. The molecule has 1 saturated heterocycles. The first kappa shape index (κ1) is 16.9. The lowest BCUT2D eigenvalue weighted by atomic mass is 10.0. The molecule has 128 valence electrons. The number of methoxy groups -OCH3 is 2. The van der Waals surface area contributed by atoms with Gasteiger partial charge in [0.05, 0.1) is 13.2 Å². The first-order chi connectivity index (χ1) is 11.7. The smallest absolute Gasteiger partial charge is 0.165 e. The quantitative estimate of drug-likeness (QED) is 0.840. The number of nitrogens with zero attached hydrogens (tertiary/aromatic N) is 2. The predicted molar refractivity (Wildman–Crippen MR) is 91.5 cm³/mol. The van der Waals surface area contributed by atoms with Crippen molar-refractivity contribution >= 4 is 0 Å². The molecule has 24 heavy (non-hydrogen) atoms. The van der Waals surface area contributed by atoms with E-state index < -0.39 is 0 Å². The molecule has 0 radical (unpaired) electrons. The molecule has 1 unspecified atom stereocenters. The van der Waals surface area contributed by atoms with Gasteiger partial charge in [0.1, 0.15) is 0 Å². The van der Waals surface area contributed by atoms with E-state index in [0.29, 0.717) is 6.10 Å². The Bertz CT molecular complexity index is 693. The number of rotatable bonds is 5. The average molecular weight is 330 g/mol. The highest BCUT2D eigenvalue weighted by Crippen LogP contribution is 2.26. The number of likely N-dealkylation sites (tertiary alicyclic amines) is 1. The van der Waals surface area contributed by atoms with E-state index >= 15 is 0 Å². The normalized spacial score (nSPS) is 18.5. The number of benzene rings is 1. The minimum atomic E-state index is -0.362. The average Bonchev–Trinajstić information content (AvgIpc) is 2.62. The van der Waals surface area contributed by atoms with Gasteiger partial charge in [0.25, 0.3) is 0 Å². The zero-order valence-electron chi connectivity index (χ0n) is 14.2. The molecule has 5 heteroatoms. The predicted octanol–water partition coefficient (Wildman–Crippen LogP) is 3.51. The first-order valence-electron chi connectivity index (χ1n) is 8.22. The molecular formula is C19H23FN2O2. The maximum Gasteiger partial charge on any atom is 0.165 e. The molecule has 2 aromatic rings. The van der Waals surface area contributed by atoms with Crippen LogP contribution in [0.5, 0.6) is 5.75 Å². The van der Waals surface area contributed by atoms with Crippen LogP contribution in [0.3, 0.4) is 0 Å². The lowest BCUT2D eigenvalue weighted by Gasteiger charge is -2.31. The summed E-state index contributed by atoms with van der Waals surface area (Å²) in [5.74, 6) is -0.110. The minimum absolute atomic E-state index is 0.252. The molecule has 1 aromatic heterocycles. The van der Waals surface area contributed by atoms with E-state index in [4.69, 9.17) is 9.47 Å². The fourth-order valence-corrected chi connectivity index (χ4v) is 3.19. The van der Waals surface area contributed by atoms with E-state index in [1.165, 1.54) is 13.2 Å². The van der Waals surface area contributed by atoms with Crippen molar-refractivity contribution in [3.8, 4) is 16.9 Å². The summed E-state index contributed by atoms with van der Waals surface area (Å²) in [6, 6.07) is 7.06. The van der Waals surface area contributed by atoms with Crippen molar-refractivity contribution in [3.63, 3.8) is 0 Å². The van der Waals surface area contributed by atoms with Crippen LogP contribution in [0.15, 0.2) is 36.7 Å². The van der Waals surface area contributed by atoms with Crippen molar-refractivity contribution in [2.75, 3.05) is 27.3 Å². The third kappa shape index (κ3) is 3.91. The zero-order valence-corrected chi connectivity index (χ0v) is 14.2. The molecule has 0 bridgehead atoms. The van der Waals surface area contributed by atoms with Crippen molar-refractivity contribution in [2.24, 2.45) is 0 Å². The number of hydrogen-bond donors (Lipinski definition) is 0. The summed E-state index contributed by atoms with van der Waals surface area (Å²) < 4.78 is 24.4. The van der Waals surface area contributed by atoms with Crippen LogP contribution in [0, 0.1) is 5.82 Å². The van der Waals surface area contributed by atoms with E-state index in [1.54, 1.807) is 19.4 Å². The fourth-order valence-electron chi connectivity index (χ4n) is 3.19. The Hall–Kier alpha value is -1.98. The van der Waals surface area contributed by atoms with Crippen LogP contribution in [-0.4, -0.2) is 43.3 Å². The Balaban J connectivity index is 1.75. The Labute approximate surface area is 142 Å². The number of ether oxygens (including phenoxy) is 2. The molecular weight excluding hydrogens is 307 g/mol. The summed E-state index contributed by atoms with van der Waals surface area (Å²) in [5, 5.41) is 0. The SMILES string of the molecule is COc1ccc(-c2cncc(CN3CCCC(OC)C3)c2)cc1F. The van der Waals surface area contributed by atoms with Gasteiger partial charge < -0.3 is 9.47 Å². The van der Waals surface area contributed by atoms with Crippen molar-refractivity contribution < 1.29 is 13.9 Å². The number of piperidine rings is 1. The van der Waals surface area contributed by atoms with Crippen molar-refractivity contribution in [2.45, 2.75) is 25.5 Å². The van der Waals surface area contributed by atoms with Gasteiger partial charge in [-0.3, -0.25) is 9.88 Å². The van der Waals surface area contributed by atoms with Crippen molar-refractivity contribution in [3.05, 3.63) is 48.0 Å². The third-order valence-corrected chi connectivity index (χ3v) is 4.48. The molecule has 0 spiro atoms. The second-order valence-corrected chi connectivity index (χ2v) is 6.17. The highest BCUT2D eigenvalue weighted by molar-refractivity contribution is 5.64. The third-order valence-electron chi connectivity index (χ3n) is 4.48. The minimum Gasteiger partial charge on any atom is -0.494 e. The molecule has 1 atom stereocenters. The molecule has 1 aliphatic heterocycles. The van der Waals surface area contributed by atoms with Crippen LogP contribution < -0.4 is 4.74 Å². The van der Waals surface area contributed by atoms with Gasteiger partial charge in [0, 0.05) is 38.2 Å². The molecule has 0 saturated carbocycles. The first-order valence-corrected chi connectivity index (χ1v) is 8.22. The zero-order chi connectivity index (χ0) is 16.9. The van der Waals surface area contributed by atoms with Gasteiger partial charge >= 0.3 is 0 Å². The maximum absolute atomic E-state index is 13.9. The van der Waals surface area contributed by atoms with Gasteiger partial charge in [-0.2, -0.15) is 0 Å². The Kier molecular flexibility index (Phi) is 5.43. The van der Waals surface area contributed by atoms with Crippen LogP contribution in [0.25, 0.3) is 11.1 Å². The van der Waals surface area contributed by atoms with Crippen molar-refractivity contribution in [1.29, 1.82) is 0 Å². The number of aromatic nitrogens is 1. The monoisotopic (exact) mass is 330 g/mol. The summed E-state index contributed by atoms with van der Waals surface area (Å²) in [6.45, 7) is 2.85. The Morgan fingerprint density at radius 1 is 1.21 bits per heavy atom. The summed E-state index contributed by atoms with van der Waals surface area (Å²) in [6.07, 6.45) is 6.22. The van der Waals surface area contributed by atoms with Gasteiger partial charge in [0.15, 0.2) is 11.6 Å². The van der Waals surface area contributed by atoms with Gasteiger partial charge in [-0.25, -0.2) is 4.39 Å². The van der Waals surface area contributed by atoms with Crippen LogP contribution >= 0.6 is 0 Å². The van der Waals surface area contributed by atoms with Gasteiger partial charge in [-0.15, -0.1) is 0 Å². The highest BCUT2D eigenvalue weighted by Gasteiger charge is 2.19. The number of pyridine rings is 1. The van der Waals surface area contributed by atoms with E-state index in [-0.39, 0.29) is 11.6 Å². The summed E-state index contributed by atoms with van der Waals surface area (Å²) in [5.41, 5.74) is 2.84. The second kappa shape index (κ2) is 7.73. The summed E-state index contributed by atoms with van der Waals surface area (Å²) in [7, 11) is 3.24. The molecule has 4 nitrogen and oxygen atoms in total. The van der Waals surface area contributed by atoms with E-state index in [1.807, 2.05) is 12.3 Å². The molecule has 1 fully saturated rings. The summed E-state index contributed by atoms with van der Waals surface area (Å²) >= 11 is 0. The topological polar surface area (TPSA) is 34.6 Å². The molecule has 0 aliphatic carbocycles. The van der Waals surface area contributed by atoms with E-state index in [0.717, 1.165) is 49.2 Å². The lowest BCUT2D eigenvalue weighted by molar-refractivity contribution is 0.0285. The van der Waals surface area contributed by atoms with Gasteiger partial charge in [-0.1, -0.05) is 6.07 Å². The van der Waals surface area contributed by atoms with Gasteiger partial charge in [0.2, 0.25) is 0 Å². The van der Waals surface area contributed by atoms with Crippen LogP contribution in [0.2, 0.25) is 0 Å². The fraction of sp³-hybridized carbons (Fsp3) is 0.421. The van der Waals surface area contributed by atoms with Crippen LogP contribution in [-0.2, 0) is 11.3 Å². The second-order valence-electron chi connectivity index (χ2n) is 6.17. The molecule has 0 N–H and O–H groups in total. The molecule has 3 rings (SSSR count). The molecule has 1 aliphatic rings. The van der Waals surface area contributed by atoms with E-state index in [9.17, 15) is 4.39 Å². The van der Waals surface area contributed by atoms with Crippen molar-refractivity contribution in [1.82, 2.24) is 9.88 Å². The number of halogens is 1. The maximum atomic E-state index is 13.9. The standard InChI is InChI=1S/C19H23FN2O2/c1-23-17-4-3-7-22(13-17)12-14-8-16(11-21-10-14)15-5-6-19(24-2)18(20)9-15/h5-6,8-11,17H,3-4,7,12-13H2,1-2H3. The molecule has 1 aromatic carbocycles. The van der Waals surface area contributed by atoms with E-state index in [2.05, 4.69) is 16.0 Å².